The van der Waals surface area contributed by atoms with E-state index in [-0.39, 0.29) is 24.4 Å². The van der Waals surface area contributed by atoms with Gasteiger partial charge in [0.15, 0.2) is 0 Å². The highest BCUT2D eigenvalue weighted by Crippen LogP contribution is 2.40. The molecule has 192 valence electrons. The molecule has 5 rings (SSSR count). The number of carbonyl (C=O) groups excluding carboxylic acids is 2. The van der Waals surface area contributed by atoms with Gasteiger partial charge in [-0.3, -0.25) is 9.59 Å². The molecule has 2 aliphatic rings. The maximum Gasteiger partial charge on any atom is 0.271 e. The number of aromatic nitrogens is 1. The van der Waals surface area contributed by atoms with Gasteiger partial charge in [-0.2, -0.15) is 0 Å². The second-order valence-electron chi connectivity index (χ2n) is 10.1. The van der Waals surface area contributed by atoms with Crippen molar-refractivity contribution in [1.29, 1.82) is 0 Å². The predicted octanol–water partition coefficient (Wildman–Crippen LogP) is 4.90. The van der Waals surface area contributed by atoms with Crippen molar-refractivity contribution in [1.82, 2.24) is 14.8 Å². The lowest BCUT2D eigenvalue weighted by molar-refractivity contribution is -0.134. The summed E-state index contributed by atoms with van der Waals surface area (Å²) in [5, 5.41) is 4.10. The number of nitrogens with zero attached hydrogens (tertiary/aromatic N) is 2. The summed E-state index contributed by atoms with van der Waals surface area (Å²) in [5.74, 6) is 1.55. The fourth-order valence-corrected chi connectivity index (χ4v) is 5.70. The molecular formula is C28H35N3O5. The third-order valence-electron chi connectivity index (χ3n) is 7.77. The Labute approximate surface area is 211 Å². The topological polar surface area (TPSA) is 85.9 Å². The van der Waals surface area contributed by atoms with Crippen LogP contribution in [-0.2, 0) is 17.9 Å². The number of fused-ring (bicyclic) bond motifs is 3. The molecule has 1 aromatic carbocycles. The number of nitrogens with one attached hydrogen (secondary N) is 1. The number of benzene rings is 1. The molecule has 2 aromatic heterocycles. The van der Waals surface area contributed by atoms with E-state index in [1.807, 2.05) is 35.8 Å². The van der Waals surface area contributed by atoms with Gasteiger partial charge in [0, 0.05) is 11.4 Å². The summed E-state index contributed by atoms with van der Waals surface area (Å²) in [6.45, 7) is 2.35. The smallest absolute Gasteiger partial charge is 0.271 e. The lowest BCUT2D eigenvalue weighted by Crippen LogP contribution is -2.64. The van der Waals surface area contributed by atoms with E-state index < -0.39 is 5.54 Å². The van der Waals surface area contributed by atoms with Crippen molar-refractivity contribution in [3.8, 4) is 11.5 Å². The second-order valence-corrected chi connectivity index (χ2v) is 10.1. The van der Waals surface area contributed by atoms with Crippen LogP contribution in [0.2, 0.25) is 0 Å². The molecule has 1 atom stereocenters. The van der Waals surface area contributed by atoms with E-state index in [0.717, 1.165) is 36.6 Å². The average molecular weight is 494 g/mol. The number of methoxy groups -OCH3 is 2. The van der Waals surface area contributed by atoms with Gasteiger partial charge in [-0.1, -0.05) is 32.1 Å². The molecular weight excluding hydrogens is 458 g/mol. The van der Waals surface area contributed by atoms with Gasteiger partial charge < -0.3 is 28.7 Å². The normalized spacial score (nSPS) is 21.1. The van der Waals surface area contributed by atoms with Crippen LogP contribution in [0.25, 0.3) is 10.9 Å². The van der Waals surface area contributed by atoms with E-state index >= 15 is 0 Å². The summed E-state index contributed by atoms with van der Waals surface area (Å²) in [6, 6.07) is 9.24. The van der Waals surface area contributed by atoms with E-state index in [2.05, 4.69) is 5.32 Å². The van der Waals surface area contributed by atoms with Crippen LogP contribution in [0.3, 0.4) is 0 Å². The Morgan fingerprint density at radius 3 is 2.44 bits per heavy atom. The summed E-state index contributed by atoms with van der Waals surface area (Å²) in [5.41, 5.74) is 0.123. The molecule has 0 spiro atoms. The summed E-state index contributed by atoms with van der Waals surface area (Å²) in [6.07, 6.45) is 9.41. The Balaban J connectivity index is 1.57. The first-order chi connectivity index (χ1) is 17.5. The minimum atomic E-state index is -1.13. The molecule has 8 heteroatoms. The van der Waals surface area contributed by atoms with Gasteiger partial charge in [-0.25, -0.2) is 0 Å². The quantitative estimate of drug-likeness (QED) is 0.528. The van der Waals surface area contributed by atoms with Gasteiger partial charge in [0.05, 0.1) is 39.1 Å². The molecule has 2 amide bonds. The van der Waals surface area contributed by atoms with Crippen LogP contribution in [0.5, 0.6) is 11.5 Å². The number of amides is 2. The Hall–Kier alpha value is -3.42. The molecule has 0 radical (unpaired) electrons. The molecule has 1 aliphatic heterocycles. The van der Waals surface area contributed by atoms with Crippen LogP contribution in [0.4, 0.5) is 0 Å². The summed E-state index contributed by atoms with van der Waals surface area (Å²) < 4.78 is 18.7. The number of hydrogen-bond donors (Lipinski definition) is 1. The average Bonchev–Trinajstić information content (AvgIpc) is 3.51. The van der Waals surface area contributed by atoms with E-state index in [0.29, 0.717) is 29.5 Å². The first kappa shape index (κ1) is 24.3. The molecule has 1 aliphatic carbocycles. The highest BCUT2D eigenvalue weighted by molar-refractivity contribution is 6.05. The summed E-state index contributed by atoms with van der Waals surface area (Å²) in [7, 11) is 3.21. The molecule has 1 saturated carbocycles. The Morgan fingerprint density at radius 2 is 1.78 bits per heavy atom. The predicted molar refractivity (Wildman–Crippen MR) is 136 cm³/mol. The fraction of sp³-hybridized carbons (Fsp3) is 0.500. The SMILES string of the molecule is COc1ccc(OC)c2c1cc1n2CC(C)(C(=O)NC2CCCCCCC2)N(Cc2ccco2)C1=O. The molecule has 3 aromatic rings. The van der Waals surface area contributed by atoms with Crippen LogP contribution >= 0.6 is 0 Å². The number of rotatable bonds is 6. The van der Waals surface area contributed by atoms with Crippen LogP contribution in [0.15, 0.2) is 41.0 Å². The van der Waals surface area contributed by atoms with Crippen molar-refractivity contribution < 1.29 is 23.5 Å². The van der Waals surface area contributed by atoms with Crippen molar-refractivity contribution in [2.75, 3.05) is 14.2 Å². The van der Waals surface area contributed by atoms with Crippen molar-refractivity contribution in [2.45, 2.75) is 76.5 Å². The van der Waals surface area contributed by atoms with E-state index in [4.69, 9.17) is 13.9 Å². The minimum Gasteiger partial charge on any atom is -0.496 e. The number of hydrogen-bond acceptors (Lipinski definition) is 5. The minimum absolute atomic E-state index is 0.118. The Morgan fingerprint density at radius 1 is 1.08 bits per heavy atom. The van der Waals surface area contributed by atoms with Crippen LogP contribution in [0.1, 0.15) is 68.1 Å². The number of carbonyl (C=O) groups is 2. The molecule has 36 heavy (non-hydrogen) atoms. The zero-order chi connectivity index (χ0) is 25.3. The first-order valence-corrected chi connectivity index (χ1v) is 12.9. The second kappa shape index (κ2) is 9.91. The molecule has 8 nitrogen and oxygen atoms in total. The summed E-state index contributed by atoms with van der Waals surface area (Å²) >= 11 is 0. The van der Waals surface area contributed by atoms with Crippen molar-refractivity contribution >= 4 is 22.7 Å². The van der Waals surface area contributed by atoms with Gasteiger partial charge >= 0.3 is 0 Å². The highest BCUT2D eigenvalue weighted by Gasteiger charge is 2.48. The molecule has 1 unspecified atom stereocenters. The third kappa shape index (κ3) is 4.22. The molecule has 1 fully saturated rings. The third-order valence-corrected chi connectivity index (χ3v) is 7.77. The van der Waals surface area contributed by atoms with Crippen LogP contribution in [-0.4, -0.2) is 47.1 Å². The van der Waals surface area contributed by atoms with Crippen molar-refractivity contribution in [3.05, 3.63) is 48.0 Å². The standard InChI is InChI=1S/C28H35N3O5/c1-28(27(33)29-19-10-7-5-4-6-8-11-19)18-30-22(26(32)31(28)17-20-12-9-15-36-20)16-21-23(34-2)13-14-24(35-3)25(21)30/h9,12-16,19H,4-8,10-11,17-18H2,1-3H3,(H,29,33). The van der Waals surface area contributed by atoms with Gasteiger partial charge in [0.1, 0.15) is 28.5 Å². The maximum absolute atomic E-state index is 14.0. The molecule has 0 saturated heterocycles. The highest BCUT2D eigenvalue weighted by atomic mass is 16.5. The summed E-state index contributed by atoms with van der Waals surface area (Å²) in [4.78, 5) is 29.7. The molecule has 1 N–H and O–H groups in total. The monoisotopic (exact) mass is 493 g/mol. The van der Waals surface area contributed by atoms with Crippen molar-refractivity contribution in [2.24, 2.45) is 0 Å². The Bertz CT molecular complexity index is 1240. The van der Waals surface area contributed by atoms with Crippen LogP contribution in [0, 0.1) is 0 Å². The maximum atomic E-state index is 14.0. The Kier molecular flexibility index (Phi) is 6.69. The zero-order valence-electron chi connectivity index (χ0n) is 21.3. The molecule has 0 bridgehead atoms. The van der Waals surface area contributed by atoms with Gasteiger partial charge in [-0.05, 0) is 50.1 Å². The number of ether oxygens (including phenoxy) is 2. The molecule has 3 heterocycles. The lowest BCUT2D eigenvalue weighted by atomic mass is 9.92. The zero-order valence-corrected chi connectivity index (χ0v) is 21.3. The first-order valence-electron chi connectivity index (χ1n) is 12.9. The van der Waals surface area contributed by atoms with E-state index in [9.17, 15) is 9.59 Å². The van der Waals surface area contributed by atoms with Gasteiger partial charge in [-0.15, -0.1) is 0 Å². The van der Waals surface area contributed by atoms with E-state index in [1.54, 1.807) is 31.4 Å². The van der Waals surface area contributed by atoms with Crippen molar-refractivity contribution in [3.63, 3.8) is 0 Å². The van der Waals surface area contributed by atoms with Gasteiger partial charge in [0.25, 0.3) is 5.91 Å². The van der Waals surface area contributed by atoms with E-state index in [1.165, 1.54) is 19.3 Å². The largest absolute Gasteiger partial charge is 0.496 e. The lowest BCUT2D eigenvalue weighted by Gasteiger charge is -2.44. The van der Waals surface area contributed by atoms with Gasteiger partial charge in [0.2, 0.25) is 5.91 Å². The fourth-order valence-electron chi connectivity index (χ4n) is 5.70. The van der Waals surface area contributed by atoms with Crippen LogP contribution < -0.4 is 14.8 Å². The number of furan rings is 1.